The van der Waals surface area contributed by atoms with Crippen LogP contribution in [0, 0.1) is 0 Å². The van der Waals surface area contributed by atoms with Crippen molar-refractivity contribution in [1.82, 2.24) is 0 Å². The van der Waals surface area contributed by atoms with Gasteiger partial charge in [0.1, 0.15) is 24.3 Å². The molecule has 0 aromatic heterocycles. The summed E-state index contributed by atoms with van der Waals surface area (Å²) in [6.45, 7) is 2.22. The largest absolute Gasteiger partial charge is 0.493 e. The predicted octanol–water partition coefficient (Wildman–Crippen LogP) is 4.66. The van der Waals surface area contributed by atoms with Crippen LogP contribution in [0.4, 0.5) is 8.78 Å². The van der Waals surface area contributed by atoms with Gasteiger partial charge >= 0.3 is 5.97 Å². The second-order valence-corrected chi connectivity index (χ2v) is 5.91. The first-order chi connectivity index (χ1) is 13.1. The fourth-order valence-electron chi connectivity index (χ4n) is 2.38. The van der Waals surface area contributed by atoms with Crippen LogP contribution in [0.3, 0.4) is 0 Å². The topological polar surface area (TPSA) is 44.8 Å². The van der Waals surface area contributed by atoms with E-state index in [1.807, 2.05) is 36.4 Å². The molecular formula is C21H24F2O4. The molecule has 146 valence electrons. The number of alkyl halides is 2. The molecule has 0 aliphatic heterocycles. The lowest BCUT2D eigenvalue weighted by atomic mass is 10.1. The molecule has 0 amide bonds. The number of carbonyl (C=O) groups excluding carboxylic acids is 1. The first-order valence-electron chi connectivity index (χ1n) is 8.94. The molecule has 2 aromatic rings. The van der Waals surface area contributed by atoms with Crippen LogP contribution in [0.25, 0.3) is 0 Å². The third-order valence-electron chi connectivity index (χ3n) is 3.78. The maximum Gasteiger partial charge on any atom is 0.343 e. The Kier molecular flexibility index (Phi) is 8.55. The van der Waals surface area contributed by atoms with Crippen molar-refractivity contribution in [2.75, 3.05) is 13.2 Å². The zero-order valence-corrected chi connectivity index (χ0v) is 15.3. The summed E-state index contributed by atoms with van der Waals surface area (Å²) in [6, 6.07) is 16.9. The van der Waals surface area contributed by atoms with E-state index in [2.05, 4.69) is 4.74 Å². The van der Waals surface area contributed by atoms with Crippen molar-refractivity contribution in [2.45, 2.75) is 38.7 Å². The van der Waals surface area contributed by atoms with Gasteiger partial charge in [-0.25, -0.2) is 13.6 Å². The van der Waals surface area contributed by atoms with E-state index >= 15 is 0 Å². The van der Waals surface area contributed by atoms with Gasteiger partial charge in [0.05, 0.1) is 13.2 Å². The number of esters is 1. The van der Waals surface area contributed by atoms with Gasteiger partial charge in [-0.1, -0.05) is 36.4 Å². The number of hydrogen-bond acceptors (Lipinski definition) is 4. The Morgan fingerprint density at radius 2 is 1.70 bits per heavy atom. The second-order valence-electron chi connectivity index (χ2n) is 5.91. The van der Waals surface area contributed by atoms with E-state index in [9.17, 15) is 13.6 Å². The molecule has 0 radical (unpaired) electrons. The quantitative estimate of drug-likeness (QED) is 0.421. The Hall–Kier alpha value is -2.63. The number of halogens is 2. The van der Waals surface area contributed by atoms with Crippen LogP contribution in [0.15, 0.2) is 54.6 Å². The van der Waals surface area contributed by atoms with Crippen LogP contribution in [-0.2, 0) is 16.1 Å². The van der Waals surface area contributed by atoms with Gasteiger partial charge in [-0.2, -0.15) is 0 Å². The standard InChI is InChI=1S/C21H24F2O4/c1-2-25-21(24)20(23)19(22)12-7-13-26-17-10-6-11-18(14-17)27-15-16-8-4-3-5-9-16/h3-6,8-11,14,19-20H,2,7,12-13,15H2,1H3. The first-order valence-corrected chi connectivity index (χ1v) is 8.94. The van der Waals surface area contributed by atoms with Crippen molar-refractivity contribution in [1.29, 1.82) is 0 Å². The molecule has 0 saturated carbocycles. The summed E-state index contributed by atoms with van der Waals surface area (Å²) < 4.78 is 42.9. The van der Waals surface area contributed by atoms with E-state index in [0.29, 0.717) is 18.1 Å². The van der Waals surface area contributed by atoms with Gasteiger partial charge in [-0.3, -0.25) is 0 Å². The number of carbonyl (C=O) groups is 1. The molecule has 0 saturated heterocycles. The van der Waals surface area contributed by atoms with Crippen molar-refractivity contribution < 1.29 is 27.8 Å². The van der Waals surface area contributed by atoms with Gasteiger partial charge in [-0.15, -0.1) is 0 Å². The second kappa shape index (κ2) is 11.2. The van der Waals surface area contributed by atoms with Gasteiger partial charge in [0.15, 0.2) is 0 Å². The highest BCUT2D eigenvalue weighted by atomic mass is 19.2. The van der Waals surface area contributed by atoms with E-state index in [1.54, 1.807) is 25.1 Å². The van der Waals surface area contributed by atoms with Gasteiger partial charge < -0.3 is 14.2 Å². The average Bonchev–Trinajstić information content (AvgIpc) is 2.70. The zero-order valence-electron chi connectivity index (χ0n) is 15.3. The third kappa shape index (κ3) is 7.25. The first kappa shape index (κ1) is 20.7. The molecule has 0 aliphatic carbocycles. The average molecular weight is 378 g/mol. The summed E-state index contributed by atoms with van der Waals surface area (Å²) in [4.78, 5) is 11.2. The molecule has 0 heterocycles. The summed E-state index contributed by atoms with van der Waals surface area (Å²) in [6.07, 6.45) is -3.99. The Morgan fingerprint density at radius 1 is 1.00 bits per heavy atom. The summed E-state index contributed by atoms with van der Waals surface area (Å²) in [5.74, 6) is 0.0817. The molecule has 0 spiro atoms. The van der Waals surface area contributed by atoms with Gasteiger partial charge in [-0.05, 0) is 37.5 Å². The van der Waals surface area contributed by atoms with E-state index in [1.165, 1.54) is 0 Å². The van der Waals surface area contributed by atoms with Crippen LogP contribution in [0.5, 0.6) is 11.5 Å². The minimum absolute atomic E-state index is 0.0256. The normalized spacial score (nSPS) is 12.9. The maximum absolute atomic E-state index is 13.7. The molecular weight excluding hydrogens is 354 g/mol. The molecule has 0 bridgehead atoms. The van der Waals surface area contributed by atoms with E-state index in [0.717, 1.165) is 5.56 Å². The lowest BCUT2D eigenvalue weighted by Crippen LogP contribution is -2.29. The maximum atomic E-state index is 13.7. The highest BCUT2D eigenvalue weighted by Crippen LogP contribution is 2.21. The SMILES string of the molecule is CCOC(=O)C(F)C(F)CCCOc1cccc(OCc2ccccc2)c1. The summed E-state index contributed by atoms with van der Waals surface area (Å²) in [5.41, 5.74) is 1.06. The van der Waals surface area contributed by atoms with Crippen LogP contribution in [0.1, 0.15) is 25.3 Å². The summed E-state index contributed by atoms with van der Waals surface area (Å²) >= 11 is 0. The van der Waals surface area contributed by atoms with Crippen molar-refractivity contribution in [3.8, 4) is 11.5 Å². The smallest absolute Gasteiger partial charge is 0.343 e. The lowest BCUT2D eigenvalue weighted by Gasteiger charge is -2.13. The number of benzene rings is 2. The number of ether oxygens (including phenoxy) is 3. The van der Waals surface area contributed by atoms with Gasteiger partial charge in [0.2, 0.25) is 6.17 Å². The molecule has 2 aromatic carbocycles. The fraction of sp³-hybridized carbons (Fsp3) is 0.381. The summed E-state index contributed by atoms with van der Waals surface area (Å²) in [5, 5.41) is 0. The highest BCUT2D eigenvalue weighted by molar-refractivity contribution is 5.75. The minimum atomic E-state index is -2.25. The number of rotatable bonds is 11. The Balaban J connectivity index is 1.72. The number of hydrogen-bond donors (Lipinski definition) is 0. The van der Waals surface area contributed by atoms with Crippen LogP contribution in [0.2, 0.25) is 0 Å². The van der Waals surface area contributed by atoms with E-state index in [4.69, 9.17) is 9.47 Å². The van der Waals surface area contributed by atoms with Crippen LogP contribution < -0.4 is 9.47 Å². The monoisotopic (exact) mass is 378 g/mol. The van der Waals surface area contributed by atoms with Crippen LogP contribution >= 0.6 is 0 Å². The van der Waals surface area contributed by atoms with Crippen molar-refractivity contribution in [3.05, 3.63) is 60.2 Å². The molecule has 2 rings (SSSR count). The Morgan fingerprint density at radius 3 is 2.41 bits per heavy atom. The zero-order chi connectivity index (χ0) is 19.5. The fourth-order valence-corrected chi connectivity index (χ4v) is 2.38. The molecule has 2 atom stereocenters. The lowest BCUT2D eigenvalue weighted by molar-refractivity contribution is -0.151. The van der Waals surface area contributed by atoms with Crippen molar-refractivity contribution >= 4 is 5.97 Å². The van der Waals surface area contributed by atoms with Crippen LogP contribution in [-0.4, -0.2) is 31.5 Å². The minimum Gasteiger partial charge on any atom is -0.493 e. The molecule has 0 N–H and O–H groups in total. The molecule has 0 aliphatic rings. The molecule has 0 fully saturated rings. The Bertz CT molecular complexity index is 694. The predicted molar refractivity (Wildman–Crippen MR) is 98.4 cm³/mol. The highest BCUT2D eigenvalue weighted by Gasteiger charge is 2.28. The van der Waals surface area contributed by atoms with Gasteiger partial charge in [0.25, 0.3) is 0 Å². The molecule has 27 heavy (non-hydrogen) atoms. The van der Waals surface area contributed by atoms with E-state index in [-0.39, 0.29) is 26.1 Å². The molecule has 6 heteroatoms. The molecule has 2 unspecified atom stereocenters. The summed E-state index contributed by atoms with van der Waals surface area (Å²) in [7, 11) is 0. The van der Waals surface area contributed by atoms with E-state index < -0.39 is 18.3 Å². The van der Waals surface area contributed by atoms with Gasteiger partial charge in [0, 0.05) is 6.07 Å². The molecule has 4 nitrogen and oxygen atoms in total. The van der Waals surface area contributed by atoms with Crippen molar-refractivity contribution in [3.63, 3.8) is 0 Å². The third-order valence-corrected chi connectivity index (χ3v) is 3.78. The van der Waals surface area contributed by atoms with Crippen molar-refractivity contribution in [2.24, 2.45) is 0 Å². The Labute approximate surface area is 158 Å².